The van der Waals surface area contributed by atoms with Crippen molar-refractivity contribution in [1.29, 1.82) is 0 Å². The van der Waals surface area contributed by atoms with E-state index >= 15 is 0 Å². The van der Waals surface area contributed by atoms with Crippen LogP contribution in [0.5, 0.6) is 0 Å². The number of anilines is 2. The lowest BCUT2D eigenvalue weighted by Gasteiger charge is -2.21. The van der Waals surface area contributed by atoms with E-state index in [1.54, 1.807) is 43.3 Å². The Labute approximate surface area is 110 Å². The lowest BCUT2D eigenvalue weighted by atomic mass is 10.2. The molecule has 1 aromatic carbocycles. The molecule has 4 nitrogen and oxygen atoms in total. The molecule has 0 spiro atoms. The number of nitrogens with zero attached hydrogens (tertiary/aromatic N) is 2. The van der Waals surface area contributed by atoms with Crippen LogP contribution in [0.4, 0.5) is 15.9 Å². The molecular weight excluding hydrogens is 245 g/mol. The highest BCUT2D eigenvalue weighted by Crippen LogP contribution is 2.20. The maximum absolute atomic E-state index is 13.7. The summed E-state index contributed by atoms with van der Waals surface area (Å²) in [5, 5.41) is 0. The van der Waals surface area contributed by atoms with E-state index in [9.17, 15) is 9.18 Å². The van der Waals surface area contributed by atoms with Crippen molar-refractivity contribution >= 4 is 17.4 Å². The number of hydrogen-bond donors (Lipinski definition) is 1. The number of halogens is 1. The number of rotatable bonds is 3. The van der Waals surface area contributed by atoms with Gasteiger partial charge < -0.3 is 10.6 Å². The van der Waals surface area contributed by atoms with Crippen LogP contribution in [-0.4, -0.2) is 17.4 Å². The van der Waals surface area contributed by atoms with Crippen LogP contribution in [0.25, 0.3) is 0 Å². The van der Waals surface area contributed by atoms with E-state index < -0.39 is 5.82 Å². The number of aromatic nitrogens is 1. The molecule has 2 N–H and O–H groups in total. The maximum atomic E-state index is 13.7. The van der Waals surface area contributed by atoms with Crippen LogP contribution < -0.4 is 10.6 Å². The smallest absolute Gasteiger partial charge is 0.277 e. The Bertz CT molecular complexity index is 601. The molecule has 1 heterocycles. The highest BCUT2D eigenvalue weighted by atomic mass is 19.1. The SMILES string of the molecule is CCN(C(=O)c1cccc(N)n1)c1ccccc1F. The van der Waals surface area contributed by atoms with Crippen LogP contribution in [0.1, 0.15) is 17.4 Å². The zero-order valence-electron chi connectivity index (χ0n) is 10.5. The molecule has 0 atom stereocenters. The topological polar surface area (TPSA) is 59.2 Å². The standard InChI is InChI=1S/C14H14FN3O/c1-2-18(12-8-4-3-6-10(12)15)14(19)11-7-5-9-13(16)17-11/h3-9H,2H2,1H3,(H2,16,17). The fraction of sp³-hybridized carbons (Fsp3) is 0.143. The molecule has 19 heavy (non-hydrogen) atoms. The van der Waals surface area contributed by atoms with Crippen molar-refractivity contribution in [3.8, 4) is 0 Å². The van der Waals surface area contributed by atoms with E-state index in [1.165, 1.54) is 11.0 Å². The molecule has 1 aromatic heterocycles. The Morgan fingerprint density at radius 2 is 2.00 bits per heavy atom. The normalized spacial score (nSPS) is 10.2. The van der Waals surface area contributed by atoms with E-state index in [0.29, 0.717) is 6.54 Å². The van der Waals surface area contributed by atoms with Gasteiger partial charge in [-0.05, 0) is 31.2 Å². The van der Waals surface area contributed by atoms with Gasteiger partial charge in [0.2, 0.25) is 0 Å². The van der Waals surface area contributed by atoms with Gasteiger partial charge in [-0.15, -0.1) is 0 Å². The average Bonchev–Trinajstić information content (AvgIpc) is 2.41. The summed E-state index contributed by atoms with van der Waals surface area (Å²) in [5.41, 5.74) is 5.99. The number of nitrogens with two attached hydrogens (primary N) is 1. The largest absolute Gasteiger partial charge is 0.384 e. The first-order valence-electron chi connectivity index (χ1n) is 5.92. The van der Waals surface area contributed by atoms with Gasteiger partial charge in [-0.3, -0.25) is 4.79 Å². The summed E-state index contributed by atoms with van der Waals surface area (Å²) in [4.78, 5) is 17.6. The Balaban J connectivity index is 2.38. The van der Waals surface area contributed by atoms with Gasteiger partial charge in [0.05, 0.1) is 5.69 Å². The minimum Gasteiger partial charge on any atom is -0.384 e. The van der Waals surface area contributed by atoms with Crippen LogP contribution in [0.15, 0.2) is 42.5 Å². The van der Waals surface area contributed by atoms with Gasteiger partial charge in [0.25, 0.3) is 5.91 Å². The molecule has 0 saturated heterocycles. The fourth-order valence-corrected chi connectivity index (χ4v) is 1.80. The van der Waals surface area contributed by atoms with Crippen LogP contribution >= 0.6 is 0 Å². The third kappa shape index (κ3) is 2.70. The van der Waals surface area contributed by atoms with Gasteiger partial charge in [-0.25, -0.2) is 9.37 Å². The second kappa shape index (κ2) is 5.48. The number of benzene rings is 1. The number of carbonyl (C=O) groups excluding carboxylic acids is 1. The first kappa shape index (κ1) is 13.0. The number of hydrogen-bond acceptors (Lipinski definition) is 3. The lowest BCUT2D eigenvalue weighted by Crippen LogP contribution is -2.32. The predicted octanol–water partition coefficient (Wildman–Crippen LogP) is 2.47. The fourth-order valence-electron chi connectivity index (χ4n) is 1.80. The molecular formula is C14H14FN3O. The molecule has 0 aliphatic heterocycles. The third-order valence-electron chi connectivity index (χ3n) is 2.69. The average molecular weight is 259 g/mol. The second-order valence-electron chi connectivity index (χ2n) is 3.95. The molecule has 0 fully saturated rings. The number of carbonyl (C=O) groups is 1. The number of pyridine rings is 1. The summed E-state index contributed by atoms with van der Waals surface area (Å²) in [6.45, 7) is 2.12. The van der Waals surface area contributed by atoms with Crippen LogP contribution in [0.3, 0.4) is 0 Å². The number of para-hydroxylation sites is 1. The Hall–Kier alpha value is -2.43. The highest BCUT2D eigenvalue weighted by molar-refractivity contribution is 6.05. The highest BCUT2D eigenvalue weighted by Gasteiger charge is 2.19. The molecule has 0 bridgehead atoms. The van der Waals surface area contributed by atoms with E-state index in [1.807, 2.05) is 0 Å². The van der Waals surface area contributed by atoms with Crippen molar-refractivity contribution in [1.82, 2.24) is 4.98 Å². The minimum atomic E-state index is -0.443. The van der Waals surface area contributed by atoms with Gasteiger partial charge in [-0.1, -0.05) is 18.2 Å². The molecule has 5 heteroatoms. The summed E-state index contributed by atoms with van der Waals surface area (Å²) in [7, 11) is 0. The van der Waals surface area contributed by atoms with Crippen molar-refractivity contribution in [2.24, 2.45) is 0 Å². The maximum Gasteiger partial charge on any atom is 0.277 e. The summed E-state index contributed by atoms with van der Waals surface area (Å²) in [6.07, 6.45) is 0. The summed E-state index contributed by atoms with van der Waals surface area (Å²) in [6, 6.07) is 10.9. The predicted molar refractivity (Wildman–Crippen MR) is 72.4 cm³/mol. The molecule has 0 saturated carbocycles. The van der Waals surface area contributed by atoms with Gasteiger partial charge in [0.15, 0.2) is 0 Å². The summed E-state index contributed by atoms with van der Waals surface area (Å²) in [5.74, 6) is -0.558. The minimum absolute atomic E-state index is 0.199. The van der Waals surface area contributed by atoms with Crippen molar-refractivity contribution in [2.45, 2.75) is 6.92 Å². The molecule has 2 aromatic rings. The molecule has 0 aliphatic rings. The Morgan fingerprint density at radius 3 is 2.63 bits per heavy atom. The lowest BCUT2D eigenvalue weighted by molar-refractivity contribution is 0.0983. The molecule has 0 radical (unpaired) electrons. The van der Waals surface area contributed by atoms with E-state index in [4.69, 9.17) is 5.73 Å². The van der Waals surface area contributed by atoms with Crippen molar-refractivity contribution < 1.29 is 9.18 Å². The van der Waals surface area contributed by atoms with E-state index in [0.717, 1.165) is 0 Å². The van der Waals surface area contributed by atoms with Crippen molar-refractivity contribution in [2.75, 3.05) is 17.2 Å². The van der Waals surface area contributed by atoms with Gasteiger partial charge in [0.1, 0.15) is 17.3 Å². The van der Waals surface area contributed by atoms with Crippen molar-refractivity contribution in [3.63, 3.8) is 0 Å². The molecule has 1 amide bonds. The summed E-state index contributed by atoms with van der Waals surface area (Å²) >= 11 is 0. The third-order valence-corrected chi connectivity index (χ3v) is 2.69. The van der Waals surface area contributed by atoms with Gasteiger partial charge in [-0.2, -0.15) is 0 Å². The van der Waals surface area contributed by atoms with Crippen LogP contribution in [0.2, 0.25) is 0 Å². The van der Waals surface area contributed by atoms with Crippen molar-refractivity contribution in [3.05, 3.63) is 54.0 Å². The number of amides is 1. The first-order chi connectivity index (χ1) is 9.13. The van der Waals surface area contributed by atoms with Crippen LogP contribution in [-0.2, 0) is 0 Å². The van der Waals surface area contributed by atoms with Crippen LogP contribution in [0, 0.1) is 5.82 Å². The quantitative estimate of drug-likeness (QED) is 0.921. The van der Waals surface area contributed by atoms with Gasteiger partial charge in [0, 0.05) is 6.54 Å². The molecule has 98 valence electrons. The molecule has 2 rings (SSSR count). The Kier molecular flexibility index (Phi) is 3.75. The summed E-state index contributed by atoms with van der Waals surface area (Å²) < 4.78 is 13.7. The zero-order valence-corrected chi connectivity index (χ0v) is 10.5. The zero-order chi connectivity index (χ0) is 13.8. The monoisotopic (exact) mass is 259 g/mol. The Morgan fingerprint density at radius 1 is 1.26 bits per heavy atom. The second-order valence-corrected chi connectivity index (χ2v) is 3.95. The first-order valence-corrected chi connectivity index (χ1v) is 5.92. The molecule has 0 unspecified atom stereocenters. The van der Waals surface area contributed by atoms with E-state index in [2.05, 4.69) is 4.98 Å². The van der Waals surface area contributed by atoms with Gasteiger partial charge >= 0.3 is 0 Å². The molecule has 0 aliphatic carbocycles. The number of nitrogen functional groups attached to an aromatic ring is 1. The van der Waals surface area contributed by atoms with E-state index in [-0.39, 0.29) is 23.1 Å².